The van der Waals surface area contributed by atoms with Gasteiger partial charge in [-0.2, -0.15) is 5.10 Å². The van der Waals surface area contributed by atoms with E-state index in [4.69, 9.17) is 4.74 Å². The van der Waals surface area contributed by atoms with E-state index in [1.54, 1.807) is 6.07 Å². The van der Waals surface area contributed by atoms with Crippen molar-refractivity contribution in [3.05, 3.63) is 30.2 Å². The second-order valence-corrected chi connectivity index (χ2v) is 6.50. The van der Waals surface area contributed by atoms with Crippen molar-refractivity contribution in [2.45, 2.75) is 38.3 Å². The van der Waals surface area contributed by atoms with Crippen molar-refractivity contribution in [1.29, 1.82) is 0 Å². The van der Waals surface area contributed by atoms with Gasteiger partial charge in [-0.25, -0.2) is 0 Å². The van der Waals surface area contributed by atoms with Crippen LogP contribution in [0.2, 0.25) is 0 Å². The van der Waals surface area contributed by atoms with Gasteiger partial charge in [0.15, 0.2) is 0 Å². The molecule has 2 aromatic rings. The monoisotopic (exact) mass is 302 g/mol. The lowest BCUT2D eigenvalue weighted by molar-refractivity contribution is -0.0615. The zero-order valence-corrected chi connectivity index (χ0v) is 13.2. The van der Waals surface area contributed by atoms with E-state index >= 15 is 0 Å². The van der Waals surface area contributed by atoms with Crippen LogP contribution in [-0.2, 0) is 11.8 Å². The van der Waals surface area contributed by atoms with E-state index in [1.165, 1.54) is 0 Å². The summed E-state index contributed by atoms with van der Waals surface area (Å²) in [5.74, 6) is -0.114. The normalized spacial score (nSPS) is 20.8. The maximum absolute atomic E-state index is 12.3. The Morgan fingerprint density at radius 1 is 1.55 bits per heavy atom. The van der Waals surface area contributed by atoms with Gasteiger partial charge in [0.1, 0.15) is 5.69 Å². The lowest BCUT2D eigenvalue weighted by Crippen LogP contribution is -2.45. The Morgan fingerprint density at radius 2 is 2.36 bits per heavy atom. The second kappa shape index (κ2) is 5.61. The summed E-state index contributed by atoms with van der Waals surface area (Å²) < 4.78 is 7.63. The highest BCUT2D eigenvalue weighted by molar-refractivity contribution is 5.93. The minimum atomic E-state index is -0.181. The first-order chi connectivity index (χ1) is 10.4. The Morgan fingerprint density at radius 3 is 3.05 bits per heavy atom. The molecule has 0 aliphatic carbocycles. The highest BCUT2D eigenvalue weighted by Gasteiger charge is 2.30. The predicted octanol–water partition coefficient (Wildman–Crippen LogP) is 2.10. The number of hydrogen-bond acceptors (Lipinski definition) is 3. The molecular formula is C16H22N4O2. The quantitative estimate of drug-likeness (QED) is 0.912. The first kappa shape index (κ1) is 14.8. The molecule has 1 aliphatic heterocycles. The molecule has 0 aromatic carbocycles. The summed E-state index contributed by atoms with van der Waals surface area (Å²) in [5.41, 5.74) is 2.07. The highest BCUT2D eigenvalue weighted by atomic mass is 16.5. The minimum Gasteiger partial charge on any atom is -0.375 e. The summed E-state index contributed by atoms with van der Waals surface area (Å²) in [7, 11) is 1.96. The molecule has 1 amide bonds. The van der Waals surface area contributed by atoms with E-state index < -0.39 is 0 Å². The van der Waals surface area contributed by atoms with Crippen molar-refractivity contribution in [2.75, 3.05) is 6.61 Å². The smallest absolute Gasteiger partial charge is 0.269 e. The third-order valence-corrected chi connectivity index (χ3v) is 3.98. The lowest BCUT2D eigenvalue weighted by Gasteiger charge is -2.35. The number of carbonyl (C=O) groups excluding carboxylic acids is 1. The SMILES string of the molecule is Cn1ccc(-c2cc(C(=O)N[C@H]3CCOC(C)(C)C3)[nH]n2)c1. The zero-order chi connectivity index (χ0) is 15.7. The van der Waals surface area contributed by atoms with Crippen LogP contribution >= 0.6 is 0 Å². The number of hydrogen-bond donors (Lipinski definition) is 2. The molecule has 1 aliphatic rings. The predicted molar refractivity (Wildman–Crippen MR) is 83.5 cm³/mol. The van der Waals surface area contributed by atoms with Crippen LogP contribution < -0.4 is 5.32 Å². The molecule has 0 spiro atoms. The molecule has 1 fully saturated rings. The number of nitrogens with zero attached hydrogens (tertiary/aromatic N) is 2. The number of rotatable bonds is 3. The van der Waals surface area contributed by atoms with E-state index in [2.05, 4.69) is 29.4 Å². The van der Waals surface area contributed by atoms with Gasteiger partial charge in [-0.05, 0) is 38.8 Å². The number of ether oxygens (including phenoxy) is 1. The van der Waals surface area contributed by atoms with Crippen LogP contribution in [0.1, 0.15) is 37.2 Å². The topological polar surface area (TPSA) is 71.9 Å². The molecule has 118 valence electrons. The van der Waals surface area contributed by atoms with Crippen molar-refractivity contribution in [1.82, 2.24) is 20.1 Å². The van der Waals surface area contributed by atoms with Gasteiger partial charge in [0, 0.05) is 37.7 Å². The molecule has 22 heavy (non-hydrogen) atoms. The molecule has 2 N–H and O–H groups in total. The molecule has 0 saturated carbocycles. The first-order valence-corrected chi connectivity index (χ1v) is 7.55. The Balaban J connectivity index is 1.67. The van der Waals surface area contributed by atoms with E-state index in [1.807, 2.05) is 30.1 Å². The molecule has 6 heteroatoms. The molecular weight excluding hydrogens is 280 g/mol. The van der Waals surface area contributed by atoms with E-state index in [9.17, 15) is 4.79 Å². The fourth-order valence-electron chi connectivity index (χ4n) is 2.86. The maximum atomic E-state index is 12.3. The molecule has 6 nitrogen and oxygen atoms in total. The van der Waals surface area contributed by atoms with Gasteiger partial charge in [-0.1, -0.05) is 0 Å². The Labute approximate surface area is 129 Å². The van der Waals surface area contributed by atoms with E-state index in [-0.39, 0.29) is 17.6 Å². The molecule has 3 rings (SSSR count). The van der Waals surface area contributed by atoms with Gasteiger partial charge in [-0.15, -0.1) is 0 Å². The number of aryl methyl sites for hydroxylation is 1. The van der Waals surface area contributed by atoms with Crippen molar-refractivity contribution in [3.8, 4) is 11.3 Å². The molecule has 2 aromatic heterocycles. The van der Waals surface area contributed by atoms with Crippen molar-refractivity contribution in [2.24, 2.45) is 7.05 Å². The minimum absolute atomic E-state index is 0.114. The average molecular weight is 302 g/mol. The van der Waals surface area contributed by atoms with Crippen LogP contribution in [0.25, 0.3) is 11.3 Å². The zero-order valence-electron chi connectivity index (χ0n) is 13.2. The summed E-state index contributed by atoms with van der Waals surface area (Å²) in [6.45, 7) is 4.78. The Hall–Kier alpha value is -2.08. The third-order valence-electron chi connectivity index (χ3n) is 3.98. The average Bonchev–Trinajstić information content (AvgIpc) is 3.05. The van der Waals surface area contributed by atoms with Crippen molar-refractivity contribution < 1.29 is 9.53 Å². The van der Waals surface area contributed by atoms with Crippen LogP contribution in [0.5, 0.6) is 0 Å². The Bertz CT molecular complexity index is 671. The second-order valence-electron chi connectivity index (χ2n) is 6.50. The summed E-state index contributed by atoms with van der Waals surface area (Å²) in [5, 5.41) is 10.1. The number of aromatic amines is 1. The van der Waals surface area contributed by atoms with Gasteiger partial charge in [0.2, 0.25) is 0 Å². The summed E-state index contributed by atoms with van der Waals surface area (Å²) in [4.78, 5) is 12.3. The van der Waals surface area contributed by atoms with Gasteiger partial charge in [0.25, 0.3) is 5.91 Å². The number of carbonyl (C=O) groups is 1. The Kier molecular flexibility index (Phi) is 3.78. The standard InChI is InChI=1S/C16H22N4O2/c1-16(2)9-12(5-7-22-16)17-15(21)14-8-13(18-19-14)11-4-6-20(3)10-11/h4,6,8,10,12H,5,7,9H2,1-3H3,(H,17,21)(H,18,19)/t12-/m0/s1. The van der Waals surface area contributed by atoms with Crippen LogP contribution in [0.15, 0.2) is 24.5 Å². The summed E-state index contributed by atoms with van der Waals surface area (Å²) >= 11 is 0. The van der Waals surface area contributed by atoms with E-state index in [0.29, 0.717) is 12.3 Å². The summed E-state index contributed by atoms with van der Waals surface area (Å²) in [6.07, 6.45) is 5.58. The molecule has 0 bridgehead atoms. The fraction of sp³-hybridized carbons (Fsp3) is 0.500. The van der Waals surface area contributed by atoms with E-state index in [0.717, 1.165) is 24.1 Å². The molecule has 1 saturated heterocycles. The number of aromatic nitrogens is 3. The molecule has 0 radical (unpaired) electrons. The molecule has 0 unspecified atom stereocenters. The van der Waals surface area contributed by atoms with Gasteiger partial charge < -0.3 is 14.6 Å². The number of H-pyrrole nitrogens is 1. The summed E-state index contributed by atoms with van der Waals surface area (Å²) in [6, 6.07) is 3.90. The van der Waals surface area contributed by atoms with Crippen LogP contribution in [0.4, 0.5) is 0 Å². The van der Waals surface area contributed by atoms with Gasteiger partial charge in [-0.3, -0.25) is 9.89 Å². The largest absolute Gasteiger partial charge is 0.375 e. The van der Waals surface area contributed by atoms with Crippen molar-refractivity contribution >= 4 is 5.91 Å². The molecule has 3 heterocycles. The van der Waals surface area contributed by atoms with Crippen molar-refractivity contribution in [3.63, 3.8) is 0 Å². The first-order valence-electron chi connectivity index (χ1n) is 7.55. The maximum Gasteiger partial charge on any atom is 0.269 e. The highest BCUT2D eigenvalue weighted by Crippen LogP contribution is 2.24. The van der Waals surface area contributed by atoms with Crippen LogP contribution in [0, 0.1) is 0 Å². The fourth-order valence-corrected chi connectivity index (χ4v) is 2.86. The lowest BCUT2D eigenvalue weighted by atomic mass is 9.94. The van der Waals surface area contributed by atoms with Gasteiger partial charge in [0.05, 0.1) is 11.3 Å². The van der Waals surface area contributed by atoms with Crippen LogP contribution in [-0.4, -0.2) is 38.9 Å². The molecule has 1 atom stereocenters. The number of amides is 1. The number of nitrogens with one attached hydrogen (secondary N) is 2. The van der Waals surface area contributed by atoms with Crippen LogP contribution in [0.3, 0.4) is 0 Å². The third kappa shape index (κ3) is 3.22. The van der Waals surface area contributed by atoms with Gasteiger partial charge >= 0.3 is 0 Å².